The molecular formula is C17H16BrN. The first kappa shape index (κ1) is 13.9. The predicted molar refractivity (Wildman–Crippen MR) is 83.9 cm³/mol. The fourth-order valence-corrected chi connectivity index (χ4v) is 2.30. The number of benzene rings is 2. The maximum atomic E-state index is 5.35. The highest BCUT2D eigenvalue weighted by Crippen LogP contribution is 2.19. The van der Waals surface area contributed by atoms with E-state index in [-0.39, 0.29) is 6.04 Å². The van der Waals surface area contributed by atoms with Crippen molar-refractivity contribution in [3.8, 4) is 12.3 Å². The molecule has 1 N–H and O–H groups in total. The van der Waals surface area contributed by atoms with Crippen molar-refractivity contribution in [2.75, 3.05) is 6.54 Å². The van der Waals surface area contributed by atoms with Gasteiger partial charge in [-0.1, -0.05) is 64.3 Å². The van der Waals surface area contributed by atoms with Gasteiger partial charge in [-0.25, -0.2) is 0 Å². The lowest BCUT2D eigenvalue weighted by molar-refractivity contribution is 0.569. The largest absolute Gasteiger partial charge is 0.299 e. The van der Waals surface area contributed by atoms with Gasteiger partial charge in [-0.3, -0.25) is 5.32 Å². The SMILES string of the molecule is C#CCNC(Cc1ccc(Br)cc1)c1ccccc1. The summed E-state index contributed by atoms with van der Waals surface area (Å²) in [6.45, 7) is 0.579. The highest BCUT2D eigenvalue weighted by Gasteiger charge is 2.10. The zero-order valence-corrected chi connectivity index (χ0v) is 12.2. The maximum Gasteiger partial charge on any atom is 0.0578 e. The Balaban J connectivity index is 2.14. The first-order valence-electron chi connectivity index (χ1n) is 6.26. The first-order chi connectivity index (χ1) is 9.29. The van der Waals surface area contributed by atoms with E-state index in [1.165, 1.54) is 11.1 Å². The number of hydrogen-bond acceptors (Lipinski definition) is 1. The van der Waals surface area contributed by atoms with E-state index in [9.17, 15) is 0 Å². The van der Waals surface area contributed by atoms with Crippen molar-refractivity contribution in [2.24, 2.45) is 0 Å². The highest BCUT2D eigenvalue weighted by atomic mass is 79.9. The summed E-state index contributed by atoms with van der Waals surface area (Å²) in [6, 6.07) is 19.1. The summed E-state index contributed by atoms with van der Waals surface area (Å²) in [5.74, 6) is 2.64. The van der Waals surface area contributed by atoms with Crippen LogP contribution in [0.2, 0.25) is 0 Å². The monoisotopic (exact) mass is 313 g/mol. The maximum absolute atomic E-state index is 5.35. The van der Waals surface area contributed by atoms with Crippen LogP contribution in [0, 0.1) is 12.3 Å². The van der Waals surface area contributed by atoms with Gasteiger partial charge in [-0.15, -0.1) is 6.42 Å². The van der Waals surface area contributed by atoms with E-state index in [2.05, 4.69) is 75.7 Å². The zero-order valence-electron chi connectivity index (χ0n) is 10.6. The second-order valence-electron chi connectivity index (χ2n) is 4.38. The fourth-order valence-electron chi connectivity index (χ4n) is 2.03. The topological polar surface area (TPSA) is 12.0 Å². The van der Waals surface area contributed by atoms with Gasteiger partial charge in [0.25, 0.3) is 0 Å². The van der Waals surface area contributed by atoms with Crippen molar-refractivity contribution in [3.63, 3.8) is 0 Å². The summed E-state index contributed by atoms with van der Waals surface area (Å²) in [4.78, 5) is 0. The normalized spacial score (nSPS) is 11.8. The first-order valence-corrected chi connectivity index (χ1v) is 7.05. The Hall–Kier alpha value is -1.56. The Morgan fingerprint density at radius 1 is 1.05 bits per heavy atom. The number of hydrogen-bond donors (Lipinski definition) is 1. The van der Waals surface area contributed by atoms with Gasteiger partial charge in [-0.05, 0) is 29.7 Å². The van der Waals surface area contributed by atoms with Gasteiger partial charge in [0.15, 0.2) is 0 Å². The minimum atomic E-state index is 0.249. The van der Waals surface area contributed by atoms with E-state index in [1.54, 1.807) is 0 Å². The quantitative estimate of drug-likeness (QED) is 0.824. The predicted octanol–water partition coefficient (Wildman–Crippen LogP) is 3.96. The van der Waals surface area contributed by atoms with E-state index in [0.29, 0.717) is 6.54 Å². The summed E-state index contributed by atoms with van der Waals surface area (Å²) in [5.41, 5.74) is 2.56. The molecule has 0 amide bonds. The average Bonchev–Trinajstić information content (AvgIpc) is 2.46. The van der Waals surface area contributed by atoms with Crippen LogP contribution in [0.5, 0.6) is 0 Å². The molecule has 0 saturated carbocycles. The van der Waals surface area contributed by atoms with Crippen molar-refractivity contribution in [1.29, 1.82) is 0 Å². The van der Waals surface area contributed by atoms with Crippen molar-refractivity contribution >= 4 is 15.9 Å². The molecule has 0 aliphatic heterocycles. The van der Waals surface area contributed by atoms with Crippen LogP contribution in [0.15, 0.2) is 59.1 Å². The molecule has 1 unspecified atom stereocenters. The molecule has 0 spiro atoms. The number of nitrogens with one attached hydrogen (secondary N) is 1. The Bertz CT molecular complexity index is 540. The number of rotatable bonds is 5. The molecule has 0 saturated heterocycles. The van der Waals surface area contributed by atoms with E-state index in [4.69, 9.17) is 6.42 Å². The van der Waals surface area contributed by atoms with Crippen LogP contribution in [0.1, 0.15) is 17.2 Å². The molecule has 2 aromatic carbocycles. The summed E-state index contributed by atoms with van der Waals surface area (Å²) < 4.78 is 1.10. The Morgan fingerprint density at radius 2 is 1.74 bits per heavy atom. The van der Waals surface area contributed by atoms with Gasteiger partial charge >= 0.3 is 0 Å². The summed E-state index contributed by atoms with van der Waals surface area (Å²) in [5, 5.41) is 3.40. The van der Waals surface area contributed by atoms with Crippen molar-refractivity contribution in [2.45, 2.75) is 12.5 Å². The molecule has 0 radical (unpaired) electrons. The van der Waals surface area contributed by atoms with Crippen LogP contribution in [0.3, 0.4) is 0 Å². The molecular weight excluding hydrogens is 298 g/mol. The zero-order chi connectivity index (χ0) is 13.5. The van der Waals surface area contributed by atoms with Crippen LogP contribution in [-0.2, 0) is 6.42 Å². The van der Waals surface area contributed by atoms with Gasteiger partial charge in [-0.2, -0.15) is 0 Å². The lowest BCUT2D eigenvalue weighted by Gasteiger charge is -2.18. The van der Waals surface area contributed by atoms with Crippen LogP contribution >= 0.6 is 15.9 Å². The Labute approximate surface area is 123 Å². The van der Waals surface area contributed by atoms with Gasteiger partial charge in [0.05, 0.1) is 6.54 Å². The van der Waals surface area contributed by atoms with Crippen molar-refractivity contribution in [1.82, 2.24) is 5.32 Å². The molecule has 96 valence electrons. The third-order valence-electron chi connectivity index (χ3n) is 3.01. The Morgan fingerprint density at radius 3 is 2.37 bits per heavy atom. The molecule has 2 aromatic rings. The van der Waals surface area contributed by atoms with Crippen LogP contribution in [0.4, 0.5) is 0 Å². The lowest BCUT2D eigenvalue weighted by atomic mass is 9.99. The summed E-state index contributed by atoms with van der Waals surface area (Å²) in [6.07, 6.45) is 6.28. The lowest BCUT2D eigenvalue weighted by Crippen LogP contribution is -2.23. The summed E-state index contributed by atoms with van der Waals surface area (Å²) >= 11 is 3.46. The minimum Gasteiger partial charge on any atom is -0.299 e. The third kappa shape index (κ3) is 4.24. The van der Waals surface area contributed by atoms with Gasteiger partial charge in [0, 0.05) is 10.5 Å². The molecule has 1 nitrogen and oxygen atoms in total. The van der Waals surface area contributed by atoms with Crippen molar-refractivity contribution in [3.05, 3.63) is 70.2 Å². The van der Waals surface area contributed by atoms with E-state index in [0.717, 1.165) is 10.9 Å². The summed E-state index contributed by atoms with van der Waals surface area (Å²) in [7, 11) is 0. The molecule has 0 fully saturated rings. The minimum absolute atomic E-state index is 0.249. The molecule has 19 heavy (non-hydrogen) atoms. The second-order valence-corrected chi connectivity index (χ2v) is 5.29. The van der Waals surface area contributed by atoms with Crippen LogP contribution in [-0.4, -0.2) is 6.54 Å². The Kier molecular flexibility index (Phi) is 5.20. The molecule has 0 aliphatic rings. The van der Waals surface area contributed by atoms with Crippen molar-refractivity contribution < 1.29 is 0 Å². The fraction of sp³-hybridized carbons (Fsp3) is 0.176. The highest BCUT2D eigenvalue weighted by molar-refractivity contribution is 9.10. The number of terminal acetylenes is 1. The molecule has 1 atom stereocenters. The van der Waals surface area contributed by atoms with E-state index < -0.39 is 0 Å². The van der Waals surface area contributed by atoms with Gasteiger partial charge < -0.3 is 0 Å². The van der Waals surface area contributed by atoms with E-state index >= 15 is 0 Å². The van der Waals surface area contributed by atoms with Gasteiger partial charge in [0.2, 0.25) is 0 Å². The molecule has 0 bridgehead atoms. The van der Waals surface area contributed by atoms with Gasteiger partial charge in [0.1, 0.15) is 0 Å². The number of halogens is 1. The van der Waals surface area contributed by atoms with Crippen LogP contribution < -0.4 is 5.32 Å². The molecule has 2 rings (SSSR count). The molecule has 0 aliphatic carbocycles. The molecule has 2 heteroatoms. The smallest absolute Gasteiger partial charge is 0.0578 e. The molecule has 0 aromatic heterocycles. The third-order valence-corrected chi connectivity index (χ3v) is 3.53. The molecule has 0 heterocycles. The van der Waals surface area contributed by atoms with E-state index in [1.807, 2.05) is 6.07 Å². The standard InChI is InChI=1S/C17H16BrN/c1-2-12-19-17(15-6-4-3-5-7-15)13-14-8-10-16(18)11-9-14/h1,3-11,17,19H,12-13H2. The average molecular weight is 314 g/mol. The van der Waals surface area contributed by atoms with Crippen LogP contribution in [0.25, 0.3) is 0 Å². The second kappa shape index (κ2) is 7.13.